The number of nitrogens with zero attached hydrogens (tertiary/aromatic N) is 6. The summed E-state index contributed by atoms with van der Waals surface area (Å²) in [6.07, 6.45) is 4.64. The SMILES string of the molecule is COc1c(C)cnc(Cn2nc3c4c(nc(N)nc42)SCC(N(C(C)=O)C2CC2)C3)c1C. The van der Waals surface area contributed by atoms with Crippen LogP contribution in [0.2, 0.25) is 0 Å². The van der Waals surface area contributed by atoms with E-state index in [-0.39, 0.29) is 17.9 Å². The van der Waals surface area contributed by atoms with Gasteiger partial charge in [-0.3, -0.25) is 9.78 Å². The quantitative estimate of drug-likeness (QED) is 0.587. The van der Waals surface area contributed by atoms with Crippen molar-refractivity contribution in [1.82, 2.24) is 29.6 Å². The number of aromatic nitrogens is 5. The molecule has 3 aromatic heterocycles. The van der Waals surface area contributed by atoms with Crippen molar-refractivity contribution >= 4 is 34.7 Å². The molecular formula is C22H27N7O2S. The van der Waals surface area contributed by atoms with Crippen LogP contribution in [0.5, 0.6) is 5.75 Å². The fourth-order valence-electron chi connectivity index (χ4n) is 4.66. The first-order valence-corrected chi connectivity index (χ1v) is 11.8. The lowest BCUT2D eigenvalue weighted by molar-refractivity contribution is -0.131. The van der Waals surface area contributed by atoms with Gasteiger partial charge in [-0.25, -0.2) is 9.67 Å². The Morgan fingerprint density at radius 2 is 2.09 bits per heavy atom. The van der Waals surface area contributed by atoms with E-state index in [0.29, 0.717) is 24.7 Å². The van der Waals surface area contributed by atoms with Crippen molar-refractivity contribution in [3.8, 4) is 5.75 Å². The van der Waals surface area contributed by atoms with E-state index in [1.807, 2.05) is 29.6 Å². The van der Waals surface area contributed by atoms with Crippen molar-refractivity contribution in [3.63, 3.8) is 0 Å². The number of carbonyl (C=O) groups is 1. The van der Waals surface area contributed by atoms with Gasteiger partial charge in [-0.2, -0.15) is 10.1 Å². The molecule has 9 nitrogen and oxygen atoms in total. The molecular weight excluding hydrogens is 426 g/mol. The van der Waals surface area contributed by atoms with Gasteiger partial charge in [-0.1, -0.05) is 0 Å². The van der Waals surface area contributed by atoms with Crippen LogP contribution in [0, 0.1) is 13.8 Å². The molecule has 168 valence electrons. The summed E-state index contributed by atoms with van der Waals surface area (Å²) in [5.41, 5.74) is 10.5. The van der Waals surface area contributed by atoms with E-state index >= 15 is 0 Å². The predicted octanol–water partition coefficient (Wildman–Crippen LogP) is 2.50. The van der Waals surface area contributed by atoms with Gasteiger partial charge in [0.25, 0.3) is 0 Å². The van der Waals surface area contributed by atoms with Gasteiger partial charge in [0.1, 0.15) is 10.8 Å². The van der Waals surface area contributed by atoms with E-state index in [0.717, 1.165) is 57.3 Å². The molecule has 2 N–H and O–H groups in total. The Labute approximate surface area is 190 Å². The predicted molar refractivity (Wildman–Crippen MR) is 123 cm³/mol. The first-order chi connectivity index (χ1) is 15.4. The van der Waals surface area contributed by atoms with Gasteiger partial charge in [-0.05, 0) is 26.7 Å². The summed E-state index contributed by atoms with van der Waals surface area (Å²) in [5.74, 6) is 1.95. The topological polar surface area (TPSA) is 112 Å². The van der Waals surface area contributed by atoms with Crippen LogP contribution in [-0.4, -0.2) is 60.5 Å². The second-order valence-electron chi connectivity index (χ2n) is 8.56. The second kappa shape index (κ2) is 7.91. The van der Waals surface area contributed by atoms with Crippen molar-refractivity contribution in [2.75, 3.05) is 18.6 Å². The molecule has 1 atom stereocenters. The number of thioether (sulfide) groups is 1. The van der Waals surface area contributed by atoms with Crippen molar-refractivity contribution in [2.45, 2.75) is 63.7 Å². The molecule has 1 amide bonds. The zero-order valence-electron chi connectivity index (χ0n) is 18.8. The molecule has 0 saturated heterocycles. The van der Waals surface area contributed by atoms with E-state index in [1.165, 1.54) is 0 Å². The smallest absolute Gasteiger partial charge is 0.223 e. The van der Waals surface area contributed by atoms with E-state index in [9.17, 15) is 4.79 Å². The zero-order chi connectivity index (χ0) is 22.6. The summed E-state index contributed by atoms with van der Waals surface area (Å²) in [4.78, 5) is 28.1. The largest absolute Gasteiger partial charge is 0.496 e. The molecule has 2 aliphatic rings. The van der Waals surface area contributed by atoms with Crippen molar-refractivity contribution in [3.05, 3.63) is 28.7 Å². The first kappa shape index (κ1) is 21.0. The molecule has 0 radical (unpaired) electrons. The van der Waals surface area contributed by atoms with Gasteiger partial charge in [0.15, 0.2) is 5.65 Å². The number of pyridine rings is 1. The maximum atomic E-state index is 12.4. The van der Waals surface area contributed by atoms with E-state index in [4.69, 9.17) is 15.6 Å². The van der Waals surface area contributed by atoms with Crippen LogP contribution in [0.25, 0.3) is 11.0 Å². The third-order valence-electron chi connectivity index (χ3n) is 6.24. The maximum Gasteiger partial charge on any atom is 0.223 e. The van der Waals surface area contributed by atoms with Crippen LogP contribution in [0.3, 0.4) is 0 Å². The van der Waals surface area contributed by atoms with Crippen molar-refractivity contribution in [1.29, 1.82) is 0 Å². The van der Waals surface area contributed by atoms with Gasteiger partial charge in [0.05, 0.1) is 30.4 Å². The average molecular weight is 454 g/mol. The first-order valence-electron chi connectivity index (χ1n) is 10.8. The number of methoxy groups -OCH3 is 1. The number of rotatable bonds is 5. The highest BCUT2D eigenvalue weighted by molar-refractivity contribution is 7.99. The molecule has 1 fully saturated rings. The molecule has 0 aromatic carbocycles. The number of carbonyl (C=O) groups excluding carboxylic acids is 1. The van der Waals surface area contributed by atoms with E-state index in [1.54, 1.807) is 25.8 Å². The van der Waals surface area contributed by atoms with Gasteiger partial charge in [0.2, 0.25) is 11.9 Å². The Balaban J connectivity index is 1.57. The van der Waals surface area contributed by atoms with Crippen molar-refractivity contribution < 1.29 is 9.53 Å². The second-order valence-corrected chi connectivity index (χ2v) is 9.57. The number of hydrogen-bond donors (Lipinski definition) is 1. The Morgan fingerprint density at radius 3 is 2.78 bits per heavy atom. The molecule has 32 heavy (non-hydrogen) atoms. The highest BCUT2D eigenvalue weighted by Gasteiger charge is 2.38. The lowest BCUT2D eigenvalue weighted by Gasteiger charge is -2.29. The minimum Gasteiger partial charge on any atom is -0.496 e. The number of anilines is 1. The molecule has 4 heterocycles. The Hall–Kier alpha value is -2.88. The molecule has 1 unspecified atom stereocenters. The number of nitrogens with two attached hydrogens (primary N) is 1. The molecule has 0 spiro atoms. The van der Waals surface area contributed by atoms with E-state index < -0.39 is 0 Å². The lowest BCUT2D eigenvalue weighted by Crippen LogP contribution is -2.43. The fourth-order valence-corrected chi connectivity index (χ4v) is 5.80. The standard InChI is InChI=1S/C22H27N7O2S/c1-11-8-24-17(12(2)19(11)31-4)9-28-20-18-16(27-28)7-15(29(13(3)30)14-5-6-14)10-32-21(18)26-22(23)25-20/h8,14-15H,5-7,9-10H2,1-4H3,(H2,23,25,26). The van der Waals surface area contributed by atoms with E-state index in [2.05, 4.69) is 15.0 Å². The molecule has 1 aliphatic carbocycles. The summed E-state index contributed by atoms with van der Waals surface area (Å²) in [6, 6.07) is 0.422. The number of nitrogen functional groups attached to an aromatic ring is 1. The number of aryl methyl sites for hydroxylation is 1. The van der Waals surface area contributed by atoms with Crippen LogP contribution in [0.15, 0.2) is 11.2 Å². The van der Waals surface area contributed by atoms with Gasteiger partial charge >= 0.3 is 0 Å². The average Bonchev–Trinajstić information content (AvgIpc) is 3.53. The third-order valence-corrected chi connectivity index (χ3v) is 7.36. The number of amides is 1. The van der Waals surface area contributed by atoms with Crippen LogP contribution in [0.1, 0.15) is 42.3 Å². The summed E-state index contributed by atoms with van der Waals surface area (Å²) in [5, 5.41) is 6.70. The Kier molecular flexibility index (Phi) is 5.19. The van der Waals surface area contributed by atoms with Gasteiger partial charge < -0.3 is 15.4 Å². The lowest BCUT2D eigenvalue weighted by atomic mass is 10.1. The number of ether oxygens (including phenoxy) is 1. The molecule has 0 bridgehead atoms. The summed E-state index contributed by atoms with van der Waals surface area (Å²) < 4.78 is 7.42. The van der Waals surface area contributed by atoms with Crippen LogP contribution in [0.4, 0.5) is 5.95 Å². The minimum atomic E-state index is 0.0753. The third kappa shape index (κ3) is 3.56. The molecule has 1 aliphatic heterocycles. The monoisotopic (exact) mass is 453 g/mol. The summed E-state index contributed by atoms with van der Waals surface area (Å²) in [7, 11) is 1.67. The highest BCUT2D eigenvalue weighted by Crippen LogP contribution is 2.38. The molecule has 5 rings (SSSR count). The minimum absolute atomic E-state index is 0.0753. The Bertz CT molecular complexity index is 1220. The maximum absolute atomic E-state index is 12.4. The molecule has 3 aromatic rings. The molecule has 1 saturated carbocycles. The summed E-state index contributed by atoms with van der Waals surface area (Å²) >= 11 is 1.63. The van der Waals surface area contributed by atoms with Crippen LogP contribution in [-0.2, 0) is 17.8 Å². The normalized spacial score (nSPS) is 17.9. The Morgan fingerprint density at radius 1 is 1.31 bits per heavy atom. The van der Waals surface area contributed by atoms with Gasteiger partial charge in [-0.15, -0.1) is 11.8 Å². The van der Waals surface area contributed by atoms with Crippen LogP contribution < -0.4 is 10.5 Å². The molecule has 10 heteroatoms. The van der Waals surface area contributed by atoms with Crippen molar-refractivity contribution in [2.24, 2.45) is 0 Å². The summed E-state index contributed by atoms with van der Waals surface area (Å²) in [6.45, 7) is 6.09. The fraction of sp³-hybridized carbons (Fsp3) is 0.500. The zero-order valence-corrected chi connectivity index (χ0v) is 19.6. The highest BCUT2D eigenvalue weighted by atomic mass is 32.2. The number of hydrogen-bond acceptors (Lipinski definition) is 8. The van der Waals surface area contributed by atoms with Gasteiger partial charge in [0, 0.05) is 48.5 Å². The van der Waals surface area contributed by atoms with Crippen LogP contribution >= 0.6 is 11.8 Å².